The van der Waals surface area contributed by atoms with E-state index < -0.39 is 0 Å². The van der Waals surface area contributed by atoms with Crippen LogP contribution in [0.4, 0.5) is 0 Å². The molecule has 1 rings (SSSR count). The quantitative estimate of drug-likeness (QED) is 0.516. The van der Waals surface area contributed by atoms with Crippen molar-refractivity contribution < 1.29 is 9.84 Å². The molecule has 8 heavy (non-hydrogen) atoms. The summed E-state index contributed by atoms with van der Waals surface area (Å²) in [7, 11) is 0. The standard InChI is InChI=1S/C6H9O2/c7-4-3-6-2-1-5-8-6/h1-3,6-7H,4-5H2/t6-/m1/s1. The van der Waals surface area contributed by atoms with Gasteiger partial charge in [-0.3, -0.25) is 0 Å². The fourth-order valence-electron chi connectivity index (χ4n) is 0.662. The van der Waals surface area contributed by atoms with Crippen LogP contribution in [0.3, 0.4) is 0 Å². The lowest BCUT2D eigenvalue weighted by atomic mass is 10.3. The molecular formula is C6H9O2. The van der Waals surface area contributed by atoms with Crippen molar-refractivity contribution >= 4 is 0 Å². The van der Waals surface area contributed by atoms with Gasteiger partial charge in [0.25, 0.3) is 0 Å². The Bertz CT molecular complexity index is 88.5. The first kappa shape index (κ1) is 5.79. The summed E-state index contributed by atoms with van der Waals surface area (Å²) < 4.78 is 5.07. The molecule has 1 heterocycles. The molecule has 1 radical (unpaired) electrons. The van der Waals surface area contributed by atoms with E-state index in [1.54, 1.807) is 6.42 Å². The maximum Gasteiger partial charge on any atom is 0.0815 e. The monoisotopic (exact) mass is 113 g/mol. The van der Waals surface area contributed by atoms with E-state index in [1.165, 1.54) is 0 Å². The Morgan fingerprint density at radius 1 is 1.88 bits per heavy atom. The van der Waals surface area contributed by atoms with E-state index in [1.807, 2.05) is 12.2 Å². The molecule has 2 nitrogen and oxygen atoms in total. The normalized spacial score (nSPS) is 26.9. The molecule has 0 unspecified atom stereocenters. The molecule has 0 amide bonds. The van der Waals surface area contributed by atoms with E-state index in [0.29, 0.717) is 6.61 Å². The molecule has 45 valence electrons. The molecule has 1 aliphatic heterocycles. The Labute approximate surface area is 48.8 Å². The Balaban J connectivity index is 2.16. The summed E-state index contributed by atoms with van der Waals surface area (Å²) in [5.74, 6) is 0. The van der Waals surface area contributed by atoms with Gasteiger partial charge in [0.2, 0.25) is 0 Å². The second-order valence-electron chi connectivity index (χ2n) is 1.64. The molecule has 0 aromatic heterocycles. The van der Waals surface area contributed by atoms with Gasteiger partial charge in [0.1, 0.15) is 0 Å². The van der Waals surface area contributed by atoms with Crippen LogP contribution in [0.1, 0.15) is 0 Å². The predicted molar refractivity (Wildman–Crippen MR) is 30.3 cm³/mol. The maximum absolute atomic E-state index is 8.36. The van der Waals surface area contributed by atoms with Crippen LogP contribution >= 0.6 is 0 Å². The summed E-state index contributed by atoms with van der Waals surface area (Å²) in [6, 6.07) is 0. The van der Waals surface area contributed by atoms with E-state index in [9.17, 15) is 0 Å². The van der Waals surface area contributed by atoms with Crippen molar-refractivity contribution in [1.29, 1.82) is 0 Å². The van der Waals surface area contributed by atoms with Crippen LogP contribution in [0, 0.1) is 6.42 Å². The van der Waals surface area contributed by atoms with Crippen molar-refractivity contribution in [2.45, 2.75) is 6.10 Å². The molecule has 2 heteroatoms. The second-order valence-corrected chi connectivity index (χ2v) is 1.64. The van der Waals surface area contributed by atoms with Gasteiger partial charge in [0.05, 0.1) is 12.7 Å². The number of ether oxygens (including phenoxy) is 1. The number of aliphatic hydroxyl groups is 1. The molecule has 0 saturated carbocycles. The summed E-state index contributed by atoms with van der Waals surface area (Å²) in [6.07, 6.45) is 5.64. The molecule has 0 aromatic rings. The zero-order chi connectivity index (χ0) is 5.82. The second kappa shape index (κ2) is 2.84. The Morgan fingerprint density at radius 3 is 3.25 bits per heavy atom. The average molecular weight is 113 g/mol. The molecule has 0 fully saturated rings. The van der Waals surface area contributed by atoms with Gasteiger partial charge in [-0.05, 0) is 0 Å². The number of hydrogen-bond acceptors (Lipinski definition) is 2. The van der Waals surface area contributed by atoms with E-state index in [4.69, 9.17) is 9.84 Å². The molecule has 0 aromatic carbocycles. The van der Waals surface area contributed by atoms with Crippen LogP contribution in [0.5, 0.6) is 0 Å². The van der Waals surface area contributed by atoms with Crippen molar-refractivity contribution in [2.75, 3.05) is 13.2 Å². The highest BCUT2D eigenvalue weighted by molar-refractivity contribution is 5.01. The average Bonchev–Trinajstić information content (AvgIpc) is 2.19. The molecule has 0 spiro atoms. The summed E-state index contributed by atoms with van der Waals surface area (Å²) in [4.78, 5) is 0. The van der Waals surface area contributed by atoms with Crippen LogP contribution in [0.25, 0.3) is 0 Å². The lowest BCUT2D eigenvalue weighted by molar-refractivity contribution is 0.138. The van der Waals surface area contributed by atoms with Gasteiger partial charge in [-0.2, -0.15) is 0 Å². The van der Waals surface area contributed by atoms with Crippen LogP contribution in [-0.4, -0.2) is 24.4 Å². The van der Waals surface area contributed by atoms with Crippen LogP contribution < -0.4 is 0 Å². The Kier molecular flexibility index (Phi) is 2.06. The summed E-state index contributed by atoms with van der Waals surface area (Å²) in [6.45, 7) is 0.774. The molecule has 1 atom stereocenters. The van der Waals surface area contributed by atoms with Gasteiger partial charge in [-0.1, -0.05) is 12.2 Å². The van der Waals surface area contributed by atoms with Gasteiger partial charge in [-0.25, -0.2) is 0 Å². The Hall–Kier alpha value is -0.340. The topological polar surface area (TPSA) is 29.5 Å². The maximum atomic E-state index is 8.36. The predicted octanol–water partition coefficient (Wildman–Crippen LogP) is 0.138. The van der Waals surface area contributed by atoms with Crippen molar-refractivity contribution in [2.24, 2.45) is 0 Å². The molecule has 0 bridgehead atoms. The summed E-state index contributed by atoms with van der Waals surface area (Å²) in [5, 5.41) is 8.36. The highest BCUT2D eigenvalue weighted by Crippen LogP contribution is 2.04. The first-order valence-corrected chi connectivity index (χ1v) is 2.66. The Morgan fingerprint density at radius 2 is 2.75 bits per heavy atom. The van der Waals surface area contributed by atoms with Gasteiger partial charge in [0, 0.05) is 13.0 Å². The van der Waals surface area contributed by atoms with Crippen molar-refractivity contribution in [3.05, 3.63) is 18.6 Å². The van der Waals surface area contributed by atoms with Crippen LogP contribution in [-0.2, 0) is 4.74 Å². The molecule has 0 aliphatic carbocycles. The SMILES string of the molecule is OC[CH][C@H]1C=CCO1. The van der Waals surface area contributed by atoms with Gasteiger partial charge in [-0.15, -0.1) is 0 Å². The van der Waals surface area contributed by atoms with Crippen LogP contribution in [0.15, 0.2) is 12.2 Å². The van der Waals surface area contributed by atoms with Gasteiger partial charge < -0.3 is 9.84 Å². The van der Waals surface area contributed by atoms with Gasteiger partial charge >= 0.3 is 0 Å². The fourth-order valence-corrected chi connectivity index (χ4v) is 0.662. The number of aliphatic hydroxyl groups excluding tert-OH is 1. The van der Waals surface area contributed by atoms with Crippen molar-refractivity contribution in [3.63, 3.8) is 0 Å². The van der Waals surface area contributed by atoms with E-state index in [0.717, 1.165) is 0 Å². The largest absolute Gasteiger partial charge is 0.396 e. The molecular weight excluding hydrogens is 104 g/mol. The first-order valence-electron chi connectivity index (χ1n) is 2.66. The fraction of sp³-hybridized carbons (Fsp3) is 0.500. The first-order chi connectivity index (χ1) is 3.93. The van der Waals surface area contributed by atoms with E-state index in [2.05, 4.69) is 0 Å². The molecule has 1 aliphatic rings. The summed E-state index contributed by atoms with van der Waals surface area (Å²) in [5.41, 5.74) is 0. The minimum Gasteiger partial charge on any atom is -0.396 e. The smallest absolute Gasteiger partial charge is 0.0815 e. The lowest BCUT2D eigenvalue weighted by Crippen LogP contribution is -2.07. The summed E-state index contributed by atoms with van der Waals surface area (Å²) >= 11 is 0. The highest BCUT2D eigenvalue weighted by atomic mass is 16.5. The van der Waals surface area contributed by atoms with E-state index >= 15 is 0 Å². The third-order valence-electron chi connectivity index (χ3n) is 1.05. The highest BCUT2D eigenvalue weighted by Gasteiger charge is 2.06. The zero-order valence-electron chi connectivity index (χ0n) is 4.58. The van der Waals surface area contributed by atoms with E-state index in [-0.39, 0.29) is 12.7 Å². The minimum atomic E-state index is 0.0556. The number of rotatable bonds is 2. The molecule has 1 N–H and O–H groups in total. The number of hydrogen-bond donors (Lipinski definition) is 1. The zero-order valence-corrected chi connectivity index (χ0v) is 4.58. The van der Waals surface area contributed by atoms with Crippen LogP contribution in [0.2, 0.25) is 0 Å². The van der Waals surface area contributed by atoms with Crippen molar-refractivity contribution in [3.8, 4) is 0 Å². The van der Waals surface area contributed by atoms with Crippen molar-refractivity contribution in [1.82, 2.24) is 0 Å². The third-order valence-corrected chi connectivity index (χ3v) is 1.05. The lowest BCUT2D eigenvalue weighted by Gasteiger charge is -2.02. The third kappa shape index (κ3) is 1.32. The van der Waals surface area contributed by atoms with Gasteiger partial charge in [0.15, 0.2) is 0 Å². The minimum absolute atomic E-state index is 0.0556. The molecule has 0 saturated heterocycles.